The molecular formula is C22H13Cl3N2O4S2. The lowest BCUT2D eigenvalue weighted by molar-refractivity contribution is 0.596. The van der Waals surface area contributed by atoms with Gasteiger partial charge in [-0.1, -0.05) is 59.1 Å². The first-order valence-electron chi connectivity index (χ1n) is 9.25. The van der Waals surface area contributed by atoms with E-state index in [9.17, 15) is 16.8 Å². The predicted molar refractivity (Wildman–Crippen MR) is 131 cm³/mol. The van der Waals surface area contributed by atoms with Crippen LogP contribution in [0, 0.1) is 0 Å². The van der Waals surface area contributed by atoms with E-state index in [4.69, 9.17) is 34.8 Å². The number of sulfonamides is 2. The quantitative estimate of drug-likeness (QED) is 0.438. The third-order valence-electron chi connectivity index (χ3n) is 4.60. The summed E-state index contributed by atoms with van der Waals surface area (Å²) in [5.74, 6) is 0. The maximum atomic E-state index is 12.8. The van der Waals surface area contributed by atoms with Gasteiger partial charge in [-0.2, -0.15) is 25.6 Å². The molecule has 0 saturated heterocycles. The Bertz CT molecular complexity index is 1540. The van der Waals surface area contributed by atoms with Crippen molar-refractivity contribution in [2.24, 2.45) is 8.80 Å². The van der Waals surface area contributed by atoms with Crippen LogP contribution in [-0.4, -0.2) is 28.3 Å². The van der Waals surface area contributed by atoms with Gasteiger partial charge in [-0.15, -0.1) is 0 Å². The molecule has 4 rings (SSSR count). The van der Waals surface area contributed by atoms with Gasteiger partial charge in [0.1, 0.15) is 5.71 Å². The Hall–Kier alpha value is -2.49. The van der Waals surface area contributed by atoms with Gasteiger partial charge in [0.15, 0.2) is 0 Å². The lowest BCUT2D eigenvalue weighted by atomic mass is 9.94. The summed E-state index contributed by atoms with van der Waals surface area (Å²) in [6.45, 7) is 0. The van der Waals surface area contributed by atoms with Crippen LogP contribution in [0.3, 0.4) is 0 Å². The third kappa shape index (κ3) is 5.05. The van der Waals surface area contributed by atoms with Crippen molar-refractivity contribution >= 4 is 66.3 Å². The second-order valence-electron chi connectivity index (χ2n) is 6.81. The van der Waals surface area contributed by atoms with Crippen molar-refractivity contribution in [2.45, 2.75) is 9.79 Å². The minimum absolute atomic E-state index is 0.0231. The zero-order valence-corrected chi connectivity index (χ0v) is 20.4. The number of hydrogen-bond acceptors (Lipinski definition) is 4. The number of hydrogen-bond donors (Lipinski definition) is 0. The Morgan fingerprint density at radius 2 is 1.03 bits per heavy atom. The smallest absolute Gasteiger partial charge is 0.199 e. The molecular weight excluding hydrogens is 527 g/mol. The van der Waals surface area contributed by atoms with Crippen molar-refractivity contribution in [3.63, 3.8) is 0 Å². The molecule has 11 heteroatoms. The van der Waals surface area contributed by atoms with E-state index < -0.39 is 20.0 Å². The van der Waals surface area contributed by atoms with Gasteiger partial charge in [0, 0.05) is 21.2 Å². The fraction of sp³-hybridized carbons (Fsp3) is 0. The summed E-state index contributed by atoms with van der Waals surface area (Å²) in [6.07, 6.45) is 1.27. The number of rotatable bonds is 4. The third-order valence-corrected chi connectivity index (χ3v) is 7.99. The van der Waals surface area contributed by atoms with Gasteiger partial charge < -0.3 is 0 Å². The van der Waals surface area contributed by atoms with Crippen molar-refractivity contribution < 1.29 is 16.8 Å². The molecule has 0 aromatic heterocycles. The molecule has 0 aliphatic heterocycles. The first-order valence-corrected chi connectivity index (χ1v) is 13.3. The first kappa shape index (κ1) is 23.7. The van der Waals surface area contributed by atoms with E-state index in [0.29, 0.717) is 21.2 Å². The highest BCUT2D eigenvalue weighted by Gasteiger charge is 2.26. The van der Waals surface area contributed by atoms with E-state index in [1.807, 2.05) is 0 Å². The molecule has 6 nitrogen and oxygen atoms in total. The summed E-state index contributed by atoms with van der Waals surface area (Å²) in [7, 11) is -8.21. The molecule has 0 fully saturated rings. The number of nitrogens with zero attached hydrogens (tertiary/aromatic N) is 2. The Kier molecular flexibility index (Phi) is 6.48. The van der Waals surface area contributed by atoms with Crippen LogP contribution < -0.4 is 0 Å². The lowest BCUT2D eigenvalue weighted by Crippen LogP contribution is -2.18. The number of benzene rings is 3. The Labute approximate surface area is 206 Å². The molecule has 0 unspecified atom stereocenters. The van der Waals surface area contributed by atoms with Crippen LogP contribution in [-0.2, 0) is 20.0 Å². The van der Waals surface area contributed by atoms with E-state index in [2.05, 4.69) is 8.80 Å². The molecule has 0 N–H and O–H groups in total. The maximum absolute atomic E-state index is 12.8. The van der Waals surface area contributed by atoms with E-state index in [1.165, 1.54) is 54.6 Å². The predicted octanol–water partition coefficient (Wildman–Crippen LogP) is 5.49. The largest absolute Gasteiger partial charge is 0.282 e. The minimum Gasteiger partial charge on any atom is -0.199 e. The van der Waals surface area contributed by atoms with Gasteiger partial charge in [0.2, 0.25) is 0 Å². The minimum atomic E-state index is -4.12. The van der Waals surface area contributed by atoms with Crippen LogP contribution in [0.4, 0.5) is 0 Å². The van der Waals surface area contributed by atoms with E-state index in [-0.39, 0.29) is 26.2 Å². The average Bonchev–Trinajstić information content (AvgIpc) is 2.77. The lowest BCUT2D eigenvalue weighted by Gasteiger charge is -2.17. The highest BCUT2D eigenvalue weighted by molar-refractivity contribution is 7.90. The van der Waals surface area contributed by atoms with Crippen LogP contribution in [0.25, 0.3) is 0 Å². The Balaban J connectivity index is 1.84. The summed E-state index contributed by atoms with van der Waals surface area (Å²) < 4.78 is 59.1. The van der Waals surface area contributed by atoms with Gasteiger partial charge in [-0.25, -0.2) is 0 Å². The summed E-state index contributed by atoms with van der Waals surface area (Å²) in [4.78, 5) is -0.114. The Morgan fingerprint density at radius 3 is 1.55 bits per heavy atom. The van der Waals surface area contributed by atoms with Crippen LogP contribution >= 0.6 is 34.8 Å². The molecule has 0 heterocycles. The fourth-order valence-corrected chi connectivity index (χ4v) is 5.61. The molecule has 168 valence electrons. The highest BCUT2D eigenvalue weighted by atomic mass is 35.5. The summed E-state index contributed by atoms with van der Waals surface area (Å²) in [6, 6.07) is 17.6. The fourth-order valence-electron chi connectivity index (χ4n) is 3.04. The second kappa shape index (κ2) is 9.04. The number of halogens is 3. The Morgan fingerprint density at radius 1 is 0.576 bits per heavy atom. The second-order valence-corrected chi connectivity index (χ2v) is 11.3. The molecule has 33 heavy (non-hydrogen) atoms. The molecule has 1 aliphatic rings. The van der Waals surface area contributed by atoms with Gasteiger partial charge in [0.25, 0.3) is 20.0 Å². The average molecular weight is 540 g/mol. The van der Waals surface area contributed by atoms with E-state index in [1.54, 1.807) is 24.3 Å². The monoisotopic (exact) mass is 538 g/mol. The highest BCUT2D eigenvalue weighted by Crippen LogP contribution is 2.28. The number of fused-ring (bicyclic) bond motifs is 1. The molecule has 0 saturated carbocycles. The SMILES string of the molecule is O=S(=O)(N=C1C=C(Cl)C(=NS(=O)(=O)c2ccc(Cl)cc2)c2ccccc21)c1ccc(Cl)cc1. The van der Waals surface area contributed by atoms with Crippen LogP contribution in [0.2, 0.25) is 10.0 Å². The molecule has 3 aromatic rings. The van der Waals surface area contributed by atoms with Crippen molar-refractivity contribution in [1.29, 1.82) is 0 Å². The zero-order valence-electron chi connectivity index (χ0n) is 16.5. The maximum Gasteiger partial charge on any atom is 0.282 e. The van der Waals surface area contributed by atoms with E-state index >= 15 is 0 Å². The van der Waals surface area contributed by atoms with Crippen molar-refractivity contribution in [3.8, 4) is 0 Å². The molecule has 0 bridgehead atoms. The molecule has 1 aliphatic carbocycles. The van der Waals surface area contributed by atoms with Gasteiger partial charge >= 0.3 is 0 Å². The van der Waals surface area contributed by atoms with Crippen molar-refractivity contribution in [2.75, 3.05) is 0 Å². The summed E-state index contributed by atoms with van der Waals surface area (Å²) in [5.41, 5.74) is 0.718. The van der Waals surface area contributed by atoms with Crippen molar-refractivity contribution in [3.05, 3.63) is 105 Å². The molecule has 3 aromatic carbocycles. The van der Waals surface area contributed by atoms with Crippen molar-refractivity contribution in [1.82, 2.24) is 0 Å². The van der Waals surface area contributed by atoms with Gasteiger partial charge in [-0.05, 0) is 54.6 Å². The first-order chi connectivity index (χ1) is 15.6. The normalized spacial score (nSPS) is 16.5. The van der Waals surface area contributed by atoms with Crippen LogP contribution in [0.5, 0.6) is 0 Å². The molecule has 0 atom stereocenters. The zero-order chi connectivity index (χ0) is 23.8. The topological polar surface area (TPSA) is 93.0 Å². The van der Waals surface area contributed by atoms with Crippen LogP contribution in [0.15, 0.2) is 102 Å². The molecule has 0 spiro atoms. The summed E-state index contributed by atoms with van der Waals surface area (Å²) >= 11 is 18.0. The standard InChI is InChI=1S/C22H13Cl3N2O4S2/c23-14-5-9-16(10-6-14)32(28,29)26-21-13-20(25)22(19-4-2-1-3-18(19)21)27-33(30,31)17-11-7-15(24)8-12-17/h1-13H. The van der Waals surface area contributed by atoms with Gasteiger partial charge in [-0.3, -0.25) is 0 Å². The molecule has 0 amide bonds. The van der Waals surface area contributed by atoms with E-state index in [0.717, 1.165) is 0 Å². The van der Waals surface area contributed by atoms with Gasteiger partial charge in [0.05, 0.1) is 20.5 Å². The number of allylic oxidation sites excluding steroid dienone is 2. The summed E-state index contributed by atoms with van der Waals surface area (Å²) in [5, 5.41) is 0.692. The molecule has 0 radical (unpaired) electrons. The van der Waals surface area contributed by atoms with Crippen LogP contribution in [0.1, 0.15) is 11.1 Å².